The summed E-state index contributed by atoms with van der Waals surface area (Å²) in [6.45, 7) is 5.05. The Kier molecular flexibility index (Phi) is 4.65. The van der Waals surface area contributed by atoms with Crippen LogP contribution < -0.4 is 0 Å². The SMILES string of the molecule is CC(CC#N)C(CC#N)[Si](C)(C)F. The van der Waals surface area contributed by atoms with Gasteiger partial charge in [0.15, 0.2) is 0 Å². The van der Waals surface area contributed by atoms with Gasteiger partial charge >= 0.3 is 0 Å². The van der Waals surface area contributed by atoms with Crippen LogP contribution in [0.1, 0.15) is 19.8 Å². The highest BCUT2D eigenvalue weighted by Gasteiger charge is 2.36. The lowest BCUT2D eigenvalue weighted by Gasteiger charge is -2.26. The summed E-state index contributed by atoms with van der Waals surface area (Å²) >= 11 is 0. The predicted molar refractivity (Wildman–Crippen MR) is 52.0 cm³/mol. The maximum absolute atomic E-state index is 13.7. The Hall–Kier alpha value is -0.873. The first-order valence-electron chi connectivity index (χ1n) is 4.36. The summed E-state index contributed by atoms with van der Waals surface area (Å²) in [6, 6.07) is 4.02. The Labute approximate surface area is 80.2 Å². The van der Waals surface area contributed by atoms with Crippen molar-refractivity contribution in [2.24, 2.45) is 5.92 Å². The van der Waals surface area contributed by atoms with E-state index in [0.717, 1.165) is 0 Å². The highest BCUT2D eigenvalue weighted by molar-refractivity contribution is 6.72. The fourth-order valence-electron chi connectivity index (χ4n) is 1.51. The van der Waals surface area contributed by atoms with Gasteiger partial charge in [0, 0.05) is 12.8 Å². The van der Waals surface area contributed by atoms with Gasteiger partial charge < -0.3 is 4.11 Å². The van der Waals surface area contributed by atoms with Crippen molar-refractivity contribution in [3.63, 3.8) is 0 Å². The summed E-state index contributed by atoms with van der Waals surface area (Å²) in [5.41, 5.74) is -0.211. The molecular formula is C9H15FN2Si. The number of hydrogen-bond acceptors (Lipinski definition) is 2. The van der Waals surface area contributed by atoms with Crippen LogP contribution in [0, 0.1) is 28.6 Å². The third-order valence-corrected chi connectivity index (χ3v) is 4.83. The highest BCUT2D eigenvalue weighted by atomic mass is 28.4. The largest absolute Gasteiger partial charge is 0.314 e. The van der Waals surface area contributed by atoms with E-state index in [1.807, 2.05) is 19.1 Å². The Bertz CT molecular complexity index is 233. The quantitative estimate of drug-likeness (QED) is 0.515. The van der Waals surface area contributed by atoms with E-state index in [0.29, 0.717) is 6.42 Å². The molecule has 2 atom stereocenters. The third-order valence-electron chi connectivity index (χ3n) is 2.29. The van der Waals surface area contributed by atoms with Gasteiger partial charge in [-0.05, 0) is 24.6 Å². The maximum Gasteiger partial charge on any atom is 0.245 e. The molecule has 13 heavy (non-hydrogen) atoms. The second-order valence-electron chi connectivity index (χ2n) is 3.87. The molecule has 0 spiro atoms. The fourth-order valence-corrected chi connectivity index (χ4v) is 3.55. The van der Waals surface area contributed by atoms with Gasteiger partial charge in [0.2, 0.25) is 8.41 Å². The molecule has 0 bridgehead atoms. The Morgan fingerprint density at radius 3 is 2.00 bits per heavy atom. The summed E-state index contributed by atoms with van der Waals surface area (Å²) < 4.78 is 13.7. The molecule has 0 N–H and O–H groups in total. The molecular weight excluding hydrogens is 183 g/mol. The van der Waals surface area contributed by atoms with Crippen molar-refractivity contribution < 1.29 is 4.11 Å². The van der Waals surface area contributed by atoms with E-state index < -0.39 is 8.41 Å². The lowest BCUT2D eigenvalue weighted by atomic mass is 10.0. The maximum atomic E-state index is 13.7. The van der Waals surface area contributed by atoms with Crippen LogP contribution in [0.2, 0.25) is 18.6 Å². The molecule has 0 aromatic carbocycles. The lowest BCUT2D eigenvalue weighted by molar-refractivity contribution is 0.510. The molecule has 0 amide bonds. The molecule has 0 saturated heterocycles. The molecule has 0 aliphatic carbocycles. The molecule has 0 saturated carbocycles. The second-order valence-corrected chi connectivity index (χ2v) is 7.74. The van der Waals surface area contributed by atoms with Crippen molar-refractivity contribution in [3.05, 3.63) is 0 Å². The van der Waals surface area contributed by atoms with Gasteiger partial charge in [-0.25, -0.2) is 0 Å². The summed E-state index contributed by atoms with van der Waals surface area (Å²) in [6.07, 6.45) is 0.575. The molecule has 0 radical (unpaired) electrons. The zero-order valence-corrected chi connectivity index (χ0v) is 9.34. The standard InChI is InChI=1S/C9H15FN2Si/c1-8(4-6-11)9(5-7-12)13(2,3)10/h8-9H,4-5H2,1-3H3. The highest BCUT2D eigenvalue weighted by Crippen LogP contribution is 2.35. The minimum atomic E-state index is -2.78. The van der Waals surface area contributed by atoms with Crippen molar-refractivity contribution in [2.45, 2.75) is 38.4 Å². The van der Waals surface area contributed by atoms with Crippen molar-refractivity contribution >= 4 is 8.41 Å². The molecule has 4 heteroatoms. The van der Waals surface area contributed by atoms with Crippen LogP contribution in [0.3, 0.4) is 0 Å². The fraction of sp³-hybridized carbons (Fsp3) is 0.778. The van der Waals surface area contributed by atoms with Gasteiger partial charge in [0.1, 0.15) is 0 Å². The van der Waals surface area contributed by atoms with Crippen LogP contribution in [-0.2, 0) is 0 Å². The summed E-state index contributed by atoms with van der Waals surface area (Å²) in [5.74, 6) is -0.00341. The number of halogens is 1. The van der Waals surface area contributed by atoms with Crippen LogP contribution in [0.5, 0.6) is 0 Å². The summed E-state index contributed by atoms with van der Waals surface area (Å²) in [7, 11) is -2.78. The first-order valence-corrected chi connectivity index (χ1v) is 7.31. The van der Waals surface area contributed by atoms with E-state index in [2.05, 4.69) is 0 Å². The monoisotopic (exact) mass is 198 g/mol. The zero-order chi connectivity index (χ0) is 10.5. The topological polar surface area (TPSA) is 47.6 Å². The summed E-state index contributed by atoms with van der Waals surface area (Å²) in [5, 5.41) is 17.0. The van der Waals surface area contributed by atoms with Gasteiger partial charge in [-0.3, -0.25) is 0 Å². The van der Waals surface area contributed by atoms with Gasteiger partial charge in [0.05, 0.1) is 12.1 Å². The molecule has 72 valence electrons. The normalized spacial score (nSPS) is 15.5. The first-order chi connectivity index (χ1) is 5.93. The third kappa shape index (κ3) is 4.05. The zero-order valence-electron chi connectivity index (χ0n) is 8.34. The smallest absolute Gasteiger partial charge is 0.245 e. The second kappa shape index (κ2) is 4.99. The van der Waals surface area contributed by atoms with Crippen LogP contribution in [-0.4, -0.2) is 8.41 Å². The van der Waals surface area contributed by atoms with Crippen molar-refractivity contribution in [1.82, 2.24) is 0 Å². The molecule has 2 unspecified atom stereocenters. The average Bonchev–Trinajstić information content (AvgIpc) is 1.98. The minimum Gasteiger partial charge on any atom is -0.314 e. The molecule has 0 rings (SSSR count). The molecule has 0 aliphatic heterocycles. The van der Waals surface area contributed by atoms with E-state index >= 15 is 0 Å². The molecule has 2 nitrogen and oxygen atoms in total. The predicted octanol–water partition coefficient (Wildman–Crippen LogP) is 2.99. The minimum absolute atomic E-state index is 0.00341. The van der Waals surface area contributed by atoms with Crippen molar-refractivity contribution in [3.8, 4) is 12.1 Å². The van der Waals surface area contributed by atoms with Gasteiger partial charge in [-0.15, -0.1) is 0 Å². The molecule has 0 heterocycles. The van der Waals surface area contributed by atoms with Gasteiger partial charge in [0.25, 0.3) is 0 Å². The molecule has 0 aromatic heterocycles. The van der Waals surface area contributed by atoms with E-state index in [4.69, 9.17) is 10.5 Å². The summed E-state index contributed by atoms with van der Waals surface area (Å²) in [4.78, 5) is 0. The number of nitriles is 2. The van der Waals surface area contributed by atoms with E-state index in [1.54, 1.807) is 13.1 Å². The molecule has 0 aromatic rings. The Morgan fingerprint density at radius 2 is 1.69 bits per heavy atom. The van der Waals surface area contributed by atoms with Gasteiger partial charge in [-0.2, -0.15) is 10.5 Å². The van der Waals surface area contributed by atoms with E-state index in [9.17, 15) is 4.11 Å². The molecule has 0 fully saturated rings. The Balaban J connectivity index is 4.45. The van der Waals surface area contributed by atoms with E-state index in [1.165, 1.54) is 0 Å². The first kappa shape index (κ1) is 12.1. The van der Waals surface area contributed by atoms with E-state index in [-0.39, 0.29) is 17.9 Å². The van der Waals surface area contributed by atoms with Crippen LogP contribution in [0.15, 0.2) is 0 Å². The lowest BCUT2D eigenvalue weighted by Crippen LogP contribution is -2.31. The number of rotatable bonds is 4. The number of hydrogen-bond donors (Lipinski definition) is 0. The van der Waals surface area contributed by atoms with Gasteiger partial charge in [-0.1, -0.05) is 6.92 Å². The number of nitrogens with zero attached hydrogens (tertiary/aromatic N) is 2. The van der Waals surface area contributed by atoms with Crippen molar-refractivity contribution in [1.29, 1.82) is 10.5 Å². The Morgan fingerprint density at radius 1 is 1.23 bits per heavy atom. The molecule has 0 aliphatic rings. The average molecular weight is 198 g/mol. The van der Waals surface area contributed by atoms with Crippen LogP contribution in [0.25, 0.3) is 0 Å². The van der Waals surface area contributed by atoms with Crippen LogP contribution in [0.4, 0.5) is 4.11 Å². The van der Waals surface area contributed by atoms with Crippen molar-refractivity contribution in [2.75, 3.05) is 0 Å². The van der Waals surface area contributed by atoms with Crippen LogP contribution >= 0.6 is 0 Å².